The number of hydrogen-bond donors (Lipinski definition) is 2. The number of nitrogens with one attached hydrogen (secondary N) is 2. The molecule has 0 spiro atoms. The number of urea groups is 1. The zero-order valence-corrected chi connectivity index (χ0v) is 13.4. The van der Waals surface area contributed by atoms with Gasteiger partial charge in [-0.2, -0.15) is 0 Å². The molecule has 0 bridgehead atoms. The van der Waals surface area contributed by atoms with E-state index in [1.54, 1.807) is 13.1 Å². The third-order valence-electron chi connectivity index (χ3n) is 2.97. The topological polar surface area (TPSA) is 74.6 Å². The van der Waals surface area contributed by atoms with Crippen LogP contribution in [0.5, 0.6) is 0 Å². The normalized spacial score (nSPS) is 10.3. The van der Waals surface area contributed by atoms with Crippen LogP contribution in [0.25, 0.3) is 0 Å². The summed E-state index contributed by atoms with van der Waals surface area (Å²) in [5, 5.41) is 7.35. The molecule has 6 nitrogen and oxygen atoms in total. The number of thiophene rings is 1. The molecule has 0 saturated heterocycles. The predicted molar refractivity (Wildman–Crippen MR) is 85.0 cm³/mol. The smallest absolute Gasteiger partial charge is 0.317 e. The first-order valence-corrected chi connectivity index (χ1v) is 7.80. The summed E-state index contributed by atoms with van der Waals surface area (Å²) in [6.45, 7) is 3.02. The molecule has 3 amide bonds. The van der Waals surface area contributed by atoms with Gasteiger partial charge in [0.15, 0.2) is 0 Å². The van der Waals surface area contributed by atoms with E-state index in [-0.39, 0.29) is 11.9 Å². The first-order chi connectivity index (χ1) is 10.6. The van der Waals surface area contributed by atoms with E-state index in [2.05, 4.69) is 10.6 Å². The van der Waals surface area contributed by atoms with Gasteiger partial charge in [0.25, 0.3) is 5.91 Å². The Morgan fingerprint density at radius 3 is 2.64 bits per heavy atom. The van der Waals surface area contributed by atoms with Crippen molar-refractivity contribution in [1.82, 2.24) is 15.5 Å². The van der Waals surface area contributed by atoms with Crippen LogP contribution in [-0.2, 0) is 6.54 Å². The highest BCUT2D eigenvalue weighted by Gasteiger charge is 2.11. The SMILES string of the molecule is Cc1ccc(CN(C)C(=O)NCCNC(=O)c2cccs2)o1. The van der Waals surface area contributed by atoms with E-state index >= 15 is 0 Å². The minimum atomic E-state index is -0.209. The van der Waals surface area contributed by atoms with Crippen molar-refractivity contribution in [3.05, 3.63) is 46.0 Å². The molecule has 0 saturated carbocycles. The molecule has 2 rings (SSSR count). The number of amides is 3. The minimum Gasteiger partial charge on any atom is -0.464 e. The lowest BCUT2D eigenvalue weighted by Crippen LogP contribution is -2.40. The van der Waals surface area contributed by atoms with Crippen LogP contribution in [0.3, 0.4) is 0 Å². The van der Waals surface area contributed by atoms with E-state index in [9.17, 15) is 9.59 Å². The first-order valence-electron chi connectivity index (χ1n) is 6.92. The molecule has 118 valence electrons. The maximum Gasteiger partial charge on any atom is 0.317 e. The van der Waals surface area contributed by atoms with Crippen LogP contribution in [0.15, 0.2) is 34.1 Å². The monoisotopic (exact) mass is 321 g/mol. The molecule has 2 aromatic heterocycles. The summed E-state index contributed by atoms with van der Waals surface area (Å²) in [6, 6.07) is 7.09. The molecule has 22 heavy (non-hydrogen) atoms. The van der Waals surface area contributed by atoms with Gasteiger partial charge < -0.3 is 20.0 Å². The van der Waals surface area contributed by atoms with Gasteiger partial charge >= 0.3 is 6.03 Å². The second-order valence-electron chi connectivity index (χ2n) is 4.83. The fourth-order valence-electron chi connectivity index (χ4n) is 1.85. The largest absolute Gasteiger partial charge is 0.464 e. The summed E-state index contributed by atoms with van der Waals surface area (Å²) in [5.41, 5.74) is 0. The van der Waals surface area contributed by atoms with Gasteiger partial charge in [0.2, 0.25) is 0 Å². The van der Waals surface area contributed by atoms with E-state index in [0.717, 1.165) is 11.5 Å². The number of carbonyl (C=O) groups excluding carboxylic acids is 2. The van der Waals surface area contributed by atoms with E-state index in [4.69, 9.17) is 4.42 Å². The maximum absolute atomic E-state index is 11.9. The quantitative estimate of drug-likeness (QED) is 0.801. The van der Waals surface area contributed by atoms with Gasteiger partial charge in [-0.15, -0.1) is 11.3 Å². The Hall–Kier alpha value is -2.28. The van der Waals surface area contributed by atoms with E-state index < -0.39 is 0 Å². The van der Waals surface area contributed by atoms with Crippen molar-refractivity contribution in [1.29, 1.82) is 0 Å². The molecule has 0 aliphatic rings. The predicted octanol–water partition coefficient (Wildman–Crippen LogP) is 2.22. The van der Waals surface area contributed by atoms with Crippen molar-refractivity contribution in [3.8, 4) is 0 Å². The maximum atomic E-state index is 11.9. The molecule has 2 heterocycles. The van der Waals surface area contributed by atoms with E-state index in [0.29, 0.717) is 24.5 Å². The fraction of sp³-hybridized carbons (Fsp3) is 0.333. The Morgan fingerprint density at radius 1 is 1.23 bits per heavy atom. The highest BCUT2D eigenvalue weighted by Crippen LogP contribution is 2.08. The molecule has 0 aliphatic carbocycles. The Kier molecular flexibility index (Phi) is 5.60. The number of rotatable bonds is 6. The zero-order chi connectivity index (χ0) is 15.9. The van der Waals surface area contributed by atoms with Crippen molar-refractivity contribution in [3.63, 3.8) is 0 Å². The van der Waals surface area contributed by atoms with Gasteiger partial charge in [0.1, 0.15) is 11.5 Å². The lowest BCUT2D eigenvalue weighted by Gasteiger charge is -2.16. The fourth-order valence-corrected chi connectivity index (χ4v) is 2.49. The van der Waals surface area contributed by atoms with Gasteiger partial charge in [-0.1, -0.05) is 6.07 Å². The van der Waals surface area contributed by atoms with Gasteiger partial charge in [-0.05, 0) is 30.5 Å². The van der Waals surface area contributed by atoms with Gasteiger partial charge in [-0.25, -0.2) is 4.79 Å². The van der Waals surface area contributed by atoms with Gasteiger partial charge in [0, 0.05) is 20.1 Å². The number of hydrogen-bond acceptors (Lipinski definition) is 4. The Morgan fingerprint density at radius 2 is 2.00 bits per heavy atom. The molecule has 7 heteroatoms. The molecule has 0 atom stereocenters. The van der Waals surface area contributed by atoms with Gasteiger partial charge in [-0.3, -0.25) is 4.79 Å². The summed E-state index contributed by atoms with van der Waals surface area (Å²) >= 11 is 1.39. The zero-order valence-electron chi connectivity index (χ0n) is 12.6. The summed E-state index contributed by atoms with van der Waals surface area (Å²) in [6.07, 6.45) is 0. The van der Waals surface area contributed by atoms with Crippen LogP contribution in [0.2, 0.25) is 0 Å². The lowest BCUT2D eigenvalue weighted by atomic mass is 10.4. The van der Waals surface area contributed by atoms with Gasteiger partial charge in [0.05, 0.1) is 11.4 Å². The summed E-state index contributed by atoms with van der Waals surface area (Å²) in [5.74, 6) is 1.44. The number of furan rings is 1. The second-order valence-corrected chi connectivity index (χ2v) is 5.78. The van der Waals surface area contributed by atoms with Crippen LogP contribution in [-0.4, -0.2) is 37.0 Å². The molecule has 0 aliphatic heterocycles. The summed E-state index contributed by atoms with van der Waals surface area (Å²) in [7, 11) is 1.69. The molecule has 0 fully saturated rings. The molecule has 2 aromatic rings. The Labute approximate surface area is 133 Å². The number of nitrogens with zero attached hydrogens (tertiary/aromatic N) is 1. The Bertz CT molecular complexity index is 622. The van der Waals surface area contributed by atoms with E-state index in [1.165, 1.54) is 16.2 Å². The summed E-state index contributed by atoms with van der Waals surface area (Å²) < 4.78 is 5.43. The molecule has 0 aromatic carbocycles. The number of carbonyl (C=O) groups is 2. The molecule has 2 N–H and O–H groups in total. The molecular weight excluding hydrogens is 302 g/mol. The summed E-state index contributed by atoms with van der Waals surface area (Å²) in [4.78, 5) is 25.8. The van der Waals surface area contributed by atoms with Crippen molar-refractivity contribution >= 4 is 23.3 Å². The van der Waals surface area contributed by atoms with Crippen LogP contribution in [0.1, 0.15) is 21.2 Å². The second kappa shape index (κ2) is 7.65. The number of aryl methyl sites for hydroxylation is 1. The van der Waals surface area contributed by atoms with Crippen LogP contribution >= 0.6 is 11.3 Å². The third kappa shape index (κ3) is 4.63. The van der Waals surface area contributed by atoms with Crippen LogP contribution in [0.4, 0.5) is 4.79 Å². The lowest BCUT2D eigenvalue weighted by molar-refractivity contribution is 0.0957. The molecule has 0 radical (unpaired) electrons. The van der Waals surface area contributed by atoms with Crippen molar-refractivity contribution in [2.24, 2.45) is 0 Å². The average Bonchev–Trinajstić information content (AvgIpc) is 3.14. The highest BCUT2D eigenvalue weighted by molar-refractivity contribution is 7.12. The average molecular weight is 321 g/mol. The molecule has 0 unspecified atom stereocenters. The first kappa shape index (κ1) is 16.1. The minimum absolute atomic E-state index is 0.122. The standard InChI is InChI=1S/C15H19N3O3S/c1-11-5-6-12(21-11)10-18(2)15(20)17-8-7-16-14(19)13-4-3-9-22-13/h3-6,9H,7-8,10H2,1-2H3,(H,16,19)(H,17,20). The van der Waals surface area contributed by atoms with E-state index in [1.807, 2.05) is 30.5 Å². The highest BCUT2D eigenvalue weighted by atomic mass is 32.1. The third-order valence-corrected chi connectivity index (χ3v) is 3.84. The van der Waals surface area contributed by atoms with Crippen molar-refractivity contribution in [2.75, 3.05) is 20.1 Å². The van der Waals surface area contributed by atoms with Crippen molar-refractivity contribution < 1.29 is 14.0 Å². The molecular formula is C15H19N3O3S. The van der Waals surface area contributed by atoms with Crippen LogP contribution in [0, 0.1) is 6.92 Å². The van der Waals surface area contributed by atoms with Crippen molar-refractivity contribution in [2.45, 2.75) is 13.5 Å². The Balaban J connectivity index is 1.65. The van der Waals surface area contributed by atoms with Crippen LogP contribution < -0.4 is 10.6 Å².